The average molecular weight is 521 g/mol. The number of hydrogen-bond donors (Lipinski definition) is 1. The van der Waals surface area contributed by atoms with Crippen LogP contribution in [-0.4, -0.2) is 64.6 Å². The van der Waals surface area contributed by atoms with Gasteiger partial charge in [0.15, 0.2) is 6.29 Å². The first kappa shape index (κ1) is 25.2. The third kappa shape index (κ3) is 5.31. The highest BCUT2D eigenvalue weighted by atomic mass is 32.2. The number of thioether (sulfide) groups is 1. The van der Waals surface area contributed by atoms with Gasteiger partial charge in [-0.3, -0.25) is 19.8 Å². The van der Waals surface area contributed by atoms with Gasteiger partial charge in [0.2, 0.25) is 5.91 Å². The molecule has 1 unspecified atom stereocenters. The third-order valence-corrected chi connectivity index (χ3v) is 8.26. The summed E-state index contributed by atoms with van der Waals surface area (Å²) in [5.41, 5.74) is 2.26. The number of nitriles is 1. The van der Waals surface area contributed by atoms with Gasteiger partial charge in [0.05, 0.1) is 12.2 Å². The van der Waals surface area contributed by atoms with Crippen molar-refractivity contribution in [1.82, 2.24) is 14.9 Å². The summed E-state index contributed by atoms with van der Waals surface area (Å²) in [6, 6.07) is 5.37. The quantitative estimate of drug-likeness (QED) is 0.574. The minimum atomic E-state index is -0.404. The number of carbonyl (C=O) groups excluding carboxylic acids is 3. The fraction of sp³-hybridized carbons (Fsp3) is 0.462. The molecule has 2 atom stereocenters. The number of nitrogens with one attached hydrogen (secondary N) is 1. The van der Waals surface area contributed by atoms with Crippen LogP contribution in [0, 0.1) is 17.2 Å². The monoisotopic (exact) mass is 520 g/mol. The van der Waals surface area contributed by atoms with E-state index in [9.17, 15) is 19.6 Å². The number of anilines is 2. The van der Waals surface area contributed by atoms with E-state index in [1.807, 2.05) is 13.0 Å². The van der Waals surface area contributed by atoms with Crippen LogP contribution in [0.3, 0.4) is 0 Å². The predicted octanol–water partition coefficient (Wildman–Crippen LogP) is 3.39. The Bertz CT molecular complexity index is 1270. The number of hydrogen-bond acceptors (Lipinski definition) is 8. The molecule has 1 N–H and O–H groups in total. The molecule has 0 aromatic carbocycles. The van der Waals surface area contributed by atoms with E-state index in [4.69, 9.17) is 4.74 Å². The van der Waals surface area contributed by atoms with E-state index in [1.54, 1.807) is 22.7 Å². The molecule has 0 radical (unpaired) electrons. The molecule has 5 heterocycles. The first-order chi connectivity index (χ1) is 18.0. The normalized spacial score (nSPS) is 21.0. The van der Waals surface area contributed by atoms with Crippen LogP contribution < -0.4 is 10.2 Å². The SMILES string of the molecule is CC1CCN(Cc2cc3c(nc2C=O)N(C(=O)Nc2cc(S[C@H]4CCOC4)c(C#N)cn2)CCC3)C1=O. The van der Waals surface area contributed by atoms with Gasteiger partial charge >= 0.3 is 6.03 Å². The van der Waals surface area contributed by atoms with Crippen LogP contribution in [-0.2, 0) is 22.5 Å². The van der Waals surface area contributed by atoms with E-state index in [0.717, 1.165) is 36.1 Å². The number of ether oxygens (including phenoxy) is 1. The number of nitrogens with zero attached hydrogens (tertiary/aromatic N) is 5. The molecular weight excluding hydrogens is 492 g/mol. The molecule has 192 valence electrons. The first-order valence-corrected chi connectivity index (χ1v) is 13.3. The van der Waals surface area contributed by atoms with Crippen molar-refractivity contribution >= 4 is 41.6 Å². The largest absolute Gasteiger partial charge is 0.380 e. The lowest BCUT2D eigenvalue weighted by Gasteiger charge is -2.29. The molecule has 11 heteroatoms. The molecular formula is C26H28N6O4S. The van der Waals surface area contributed by atoms with Crippen LogP contribution >= 0.6 is 11.8 Å². The Kier molecular flexibility index (Phi) is 7.39. The van der Waals surface area contributed by atoms with E-state index in [2.05, 4.69) is 21.4 Å². The Labute approximate surface area is 219 Å². The highest BCUT2D eigenvalue weighted by Crippen LogP contribution is 2.33. The molecule has 5 rings (SSSR count). The molecule has 2 fully saturated rings. The van der Waals surface area contributed by atoms with E-state index in [1.165, 1.54) is 11.1 Å². The fourth-order valence-electron chi connectivity index (χ4n) is 4.89. The van der Waals surface area contributed by atoms with Crippen molar-refractivity contribution in [1.29, 1.82) is 5.26 Å². The van der Waals surface area contributed by atoms with Gasteiger partial charge in [-0.05, 0) is 43.4 Å². The van der Waals surface area contributed by atoms with Crippen molar-refractivity contribution in [3.63, 3.8) is 0 Å². The van der Waals surface area contributed by atoms with E-state index in [-0.39, 0.29) is 22.8 Å². The molecule has 0 spiro atoms. The lowest BCUT2D eigenvalue weighted by atomic mass is 10.0. The zero-order chi connectivity index (χ0) is 25.9. The topological polar surface area (TPSA) is 129 Å². The minimum absolute atomic E-state index is 0.00861. The number of amides is 3. The molecule has 10 nitrogen and oxygen atoms in total. The zero-order valence-corrected chi connectivity index (χ0v) is 21.4. The maximum absolute atomic E-state index is 13.3. The Balaban J connectivity index is 1.35. The Morgan fingerprint density at radius 2 is 2.22 bits per heavy atom. The number of urea groups is 1. The van der Waals surface area contributed by atoms with E-state index >= 15 is 0 Å². The summed E-state index contributed by atoms with van der Waals surface area (Å²) in [4.78, 5) is 50.4. The summed E-state index contributed by atoms with van der Waals surface area (Å²) >= 11 is 1.56. The van der Waals surface area contributed by atoms with Crippen molar-refractivity contribution in [2.75, 3.05) is 36.5 Å². The summed E-state index contributed by atoms with van der Waals surface area (Å²) < 4.78 is 5.44. The second-order valence-electron chi connectivity index (χ2n) is 9.55. The lowest BCUT2D eigenvalue weighted by Crippen LogP contribution is -2.40. The number of pyridine rings is 2. The highest BCUT2D eigenvalue weighted by Gasteiger charge is 2.30. The summed E-state index contributed by atoms with van der Waals surface area (Å²) in [5.74, 6) is 0.864. The zero-order valence-electron chi connectivity index (χ0n) is 20.6. The van der Waals surface area contributed by atoms with Crippen molar-refractivity contribution in [3.05, 3.63) is 40.7 Å². The van der Waals surface area contributed by atoms with Gasteiger partial charge in [-0.1, -0.05) is 6.92 Å². The number of aromatic nitrogens is 2. The van der Waals surface area contributed by atoms with Crippen molar-refractivity contribution < 1.29 is 19.1 Å². The molecule has 3 aliphatic heterocycles. The second kappa shape index (κ2) is 10.9. The molecule has 0 aliphatic carbocycles. The van der Waals surface area contributed by atoms with Gasteiger partial charge in [-0.15, -0.1) is 11.8 Å². The van der Waals surface area contributed by atoms with Crippen LogP contribution in [0.1, 0.15) is 53.4 Å². The number of rotatable bonds is 6. The van der Waals surface area contributed by atoms with Crippen LogP contribution in [0.25, 0.3) is 0 Å². The molecule has 3 aliphatic rings. The maximum atomic E-state index is 13.3. The summed E-state index contributed by atoms with van der Waals surface area (Å²) in [6.07, 6.45) is 5.32. The maximum Gasteiger partial charge on any atom is 0.328 e. The lowest BCUT2D eigenvalue weighted by molar-refractivity contribution is -0.131. The Hall–Kier alpha value is -3.49. The number of likely N-dealkylation sites (tertiary alicyclic amines) is 1. The van der Waals surface area contributed by atoms with Gasteiger partial charge in [-0.2, -0.15) is 5.26 Å². The Morgan fingerprint density at radius 3 is 2.92 bits per heavy atom. The third-order valence-electron chi connectivity index (χ3n) is 6.96. The van der Waals surface area contributed by atoms with Crippen LogP contribution in [0.2, 0.25) is 0 Å². The van der Waals surface area contributed by atoms with E-state index < -0.39 is 6.03 Å². The summed E-state index contributed by atoms with van der Waals surface area (Å²) in [6.45, 7) is 4.69. The van der Waals surface area contributed by atoms with Gasteiger partial charge < -0.3 is 9.64 Å². The number of aldehydes is 1. The van der Waals surface area contributed by atoms with Crippen molar-refractivity contribution in [2.24, 2.45) is 5.92 Å². The summed E-state index contributed by atoms with van der Waals surface area (Å²) in [7, 11) is 0. The molecule has 2 aromatic rings. The smallest absolute Gasteiger partial charge is 0.328 e. The number of fused-ring (bicyclic) bond motifs is 1. The van der Waals surface area contributed by atoms with E-state index in [0.29, 0.717) is 61.9 Å². The van der Waals surface area contributed by atoms with Crippen LogP contribution in [0.15, 0.2) is 23.2 Å². The molecule has 0 saturated carbocycles. The molecule has 37 heavy (non-hydrogen) atoms. The highest BCUT2D eigenvalue weighted by molar-refractivity contribution is 8.00. The minimum Gasteiger partial charge on any atom is -0.380 e. The predicted molar refractivity (Wildman–Crippen MR) is 138 cm³/mol. The van der Waals surface area contributed by atoms with Gasteiger partial charge in [0.1, 0.15) is 23.4 Å². The second-order valence-corrected chi connectivity index (χ2v) is 10.9. The standard InChI is InChI=1S/C26H28N6O4S/c1-16-4-7-31(25(16)34)13-18-9-17-3-2-6-32(24(17)29-21(18)14-33)26(35)30-23-10-22(19(11-27)12-28-23)37-20-5-8-36-15-20/h9-10,12,14,16,20H,2-8,13,15H2,1H3,(H,28,30,35)/t16?,20-/m0/s1. The average Bonchev–Trinajstić information content (AvgIpc) is 3.53. The van der Waals surface area contributed by atoms with Gasteiger partial charge in [-0.25, -0.2) is 14.8 Å². The number of carbonyl (C=O) groups is 3. The number of aryl methyl sites for hydroxylation is 1. The molecule has 3 amide bonds. The fourth-order valence-corrected chi connectivity index (χ4v) is 6.03. The first-order valence-electron chi connectivity index (χ1n) is 12.5. The Morgan fingerprint density at radius 1 is 1.35 bits per heavy atom. The van der Waals surface area contributed by atoms with Gasteiger partial charge in [0, 0.05) is 54.1 Å². The van der Waals surface area contributed by atoms with Crippen molar-refractivity contribution in [2.45, 2.75) is 49.3 Å². The molecule has 0 bridgehead atoms. The summed E-state index contributed by atoms with van der Waals surface area (Å²) in [5, 5.41) is 12.6. The van der Waals surface area contributed by atoms with Crippen LogP contribution in [0.5, 0.6) is 0 Å². The van der Waals surface area contributed by atoms with Gasteiger partial charge in [0.25, 0.3) is 0 Å². The molecule has 2 aromatic heterocycles. The van der Waals surface area contributed by atoms with Crippen LogP contribution in [0.4, 0.5) is 16.4 Å². The molecule has 2 saturated heterocycles. The van der Waals surface area contributed by atoms with Crippen molar-refractivity contribution in [3.8, 4) is 6.07 Å².